The second-order valence-corrected chi connectivity index (χ2v) is 6.18. The summed E-state index contributed by atoms with van der Waals surface area (Å²) >= 11 is 0. The topological polar surface area (TPSA) is 75.4 Å². The van der Waals surface area contributed by atoms with E-state index in [0.717, 1.165) is 43.0 Å². The molecular weight excluding hydrogens is 316 g/mol. The molecule has 3 aromatic rings. The summed E-state index contributed by atoms with van der Waals surface area (Å²) in [4.78, 5) is 27.5. The third-order valence-corrected chi connectivity index (χ3v) is 4.53. The van der Waals surface area contributed by atoms with Crippen LogP contribution in [-0.4, -0.2) is 44.4 Å². The second-order valence-electron chi connectivity index (χ2n) is 6.18. The van der Waals surface area contributed by atoms with E-state index in [9.17, 15) is 4.79 Å². The quantitative estimate of drug-likeness (QED) is 0.785. The highest BCUT2D eigenvalue weighted by Crippen LogP contribution is 2.23. The van der Waals surface area contributed by atoms with Crippen molar-refractivity contribution in [1.29, 1.82) is 0 Å². The fourth-order valence-corrected chi connectivity index (χ4v) is 3.22. The van der Waals surface area contributed by atoms with Crippen LogP contribution in [0.1, 0.15) is 29.7 Å². The van der Waals surface area contributed by atoms with Crippen LogP contribution in [0.15, 0.2) is 43.0 Å². The SMILES string of the molecule is CCc1ccnc(C(=O)NC2CCN(c3nccn4cccc34)C2)n1. The van der Waals surface area contributed by atoms with E-state index < -0.39 is 0 Å². The number of carbonyl (C=O) groups is 1. The van der Waals surface area contributed by atoms with Gasteiger partial charge in [0.05, 0.1) is 5.52 Å². The molecule has 1 atom stereocenters. The van der Waals surface area contributed by atoms with E-state index in [2.05, 4.69) is 35.6 Å². The minimum atomic E-state index is -0.212. The zero-order chi connectivity index (χ0) is 17.2. The van der Waals surface area contributed by atoms with E-state index in [-0.39, 0.29) is 17.8 Å². The molecule has 7 heteroatoms. The van der Waals surface area contributed by atoms with Gasteiger partial charge >= 0.3 is 0 Å². The van der Waals surface area contributed by atoms with Crippen LogP contribution in [0.2, 0.25) is 0 Å². The van der Waals surface area contributed by atoms with Crippen molar-refractivity contribution in [2.45, 2.75) is 25.8 Å². The molecule has 1 aliphatic heterocycles. The van der Waals surface area contributed by atoms with Gasteiger partial charge in [-0.05, 0) is 31.0 Å². The number of carbonyl (C=O) groups excluding carboxylic acids is 1. The molecule has 0 aromatic carbocycles. The summed E-state index contributed by atoms with van der Waals surface area (Å²) in [6, 6.07) is 5.96. The number of nitrogens with zero attached hydrogens (tertiary/aromatic N) is 5. The van der Waals surface area contributed by atoms with Gasteiger partial charge in [-0.3, -0.25) is 4.79 Å². The molecule has 4 rings (SSSR count). The summed E-state index contributed by atoms with van der Waals surface area (Å²) in [6.45, 7) is 3.60. The standard InChI is InChI=1S/C18H20N6O/c1-2-13-5-7-19-16(21-13)18(25)22-14-6-10-24(12-14)17-15-4-3-9-23(15)11-8-20-17/h3-5,7-9,11,14H,2,6,10,12H2,1H3,(H,22,25). The Morgan fingerprint density at radius 2 is 2.20 bits per heavy atom. The van der Waals surface area contributed by atoms with Crippen LogP contribution >= 0.6 is 0 Å². The molecule has 25 heavy (non-hydrogen) atoms. The highest BCUT2D eigenvalue weighted by Gasteiger charge is 2.27. The lowest BCUT2D eigenvalue weighted by Crippen LogP contribution is -2.38. The fraction of sp³-hybridized carbons (Fsp3) is 0.333. The van der Waals surface area contributed by atoms with Crippen molar-refractivity contribution < 1.29 is 4.79 Å². The summed E-state index contributed by atoms with van der Waals surface area (Å²) in [5.41, 5.74) is 1.95. The van der Waals surface area contributed by atoms with Gasteiger partial charge in [0, 0.05) is 49.6 Å². The molecule has 7 nitrogen and oxygen atoms in total. The number of hydrogen-bond donors (Lipinski definition) is 1. The minimum absolute atomic E-state index is 0.0680. The van der Waals surface area contributed by atoms with E-state index in [1.54, 1.807) is 12.4 Å². The summed E-state index contributed by atoms with van der Waals surface area (Å²) in [6.07, 6.45) is 9.05. The molecule has 1 amide bonds. The van der Waals surface area contributed by atoms with E-state index in [4.69, 9.17) is 0 Å². The van der Waals surface area contributed by atoms with Crippen LogP contribution < -0.4 is 10.2 Å². The van der Waals surface area contributed by atoms with Gasteiger partial charge in [-0.25, -0.2) is 15.0 Å². The highest BCUT2D eigenvalue weighted by molar-refractivity contribution is 5.90. The van der Waals surface area contributed by atoms with Crippen molar-refractivity contribution in [2.24, 2.45) is 0 Å². The Labute approximate surface area is 145 Å². The Morgan fingerprint density at radius 3 is 3.08 bits per heavy atom. The van der Waals surface area contributed by atoms with Gasteiger partial charge in [0.1, 0.15) is 0 Å². The van der Waals surface area contributed by atoms with Crippen LogP contribution in [0, 0.1) is 0 Å². The number of nitrogens with one attached hydrogen (secondary N) is 1. The lowest BCUT2D eigenvalue weighted by Gasteiger charge is -2.19. The maximum Gasteiger partial charge on any atom is 0.289 e. The number of rotatable bonds is 4. The monoisotopic (exact) mass is 336 g/mol. The normalized spacial score (nSPS) is 17.2. The van der Waals surface area contributed by atoms with Gasteiger partial charge in [0.25, 0.3) is 5.91 Å². The molecular formula is C18H20N6O. The summed E-state index contributed by atoms with van der Waals surface area (Å²) in [5.74, 6) is 0.981. The van der Waals surface area contributed by atoms with Crippen molar-refractivity contribution in [2.75, 3.05) is 18.0 Å². The molecule has 0 radical (unpaired) electrons. The van der Waals surface area contributed by atoms with Crippen molar-refractivity contribution in [3.8, 4) is 0 Å². The lowest BCUT2D eigenvalue weighted by molar-refractivity contribution is 0.0929. The van der Waals surface area contributed by atoms with E-state index >= 15 is 0 Å². The number of amides is 1. The molecule has 1 fully saturated rings. The minimum Gasteiger partial charge on any atom is -0.353 e. The second kappa shape index (κ2) is 6.51. The molecule has 1 aliphatic rings. The van der Waals surface area contributed by atoms with Crippen LogP contribution in [-0.2, 0) is 6.42 Å². The largest absolute Gasteiger partial charge is 0.353 e. The molecule has 0 saturated carbocycles. The van der Waals surface area contributed by atoms with Gasteiger partial charge in [-0.2, -0.15) is 0 Å². The van der Waals surface area contributed by atoms with Crippen LogP contribution in [0.25, 0.3) is 5.52 Å². The van der Waals surface area contributed by atoms with Gasteiger partial charge in [-0.1, -0.05) is 6.92 Å². The predicted molar refractivity (Wildman–Crippen MR) is 94.7 cm³/mol. The molecule has 0 aliphatic carbocycles. The Bertz CT molecular complexity index is 905. The zero-order valence-electron chi connectivity index (χ0n) is 14.1. The summed E-state index contributed by atoms with van der Waals surface area (Å²) in [7, 11) is 0. The average Bonchev–Trinajstić information content (AvgIpc) is 3.30. The molecule has 128 valence electrons. The third kappa shape index (κ3) is 3.05. The average molecular weight is 336 g/mol. The molecule has 4 heterocycles. The highest BCUT2D eigenvalue weighted by atomic mass is 16.2. The Hall–Kier alpha value is -2.96. The van der Waals surface area contributed by atoms with Crippen molar-refractivity contribution >= 4 is 17.2 Å². The van der Waals surface area contributed by atoms with E-state index in [1.807, 2.05) is 31.5 Å². The molecule has 1 saturated heterocycles. The molecule has 0 spiro atoms. The van der Waals surface area contributed by atoms with Crippen molar-refractivity contribution in [3.05, 3.63) is 54.5 Å². The van der Waals surface area contributed by atoms with Crippen molar-refractivity contribution in [1.82, 2.24) is 24.7 Å². The molecule has 1 N–H and O–H groups in total. The molecule has 1 unspecified atom stereocenters. The van der Waals surface area contributed by atoms with Crippen LogP contribution in [0.4, 0.5) is 5.82 Å². The van der Waals surface area contributed by atoms with Crippen molar-refractivity contribution in [3.63, 3.8) is 0 Å². The van der Waals surface area contributed by atoms with E-state index in [0.29, 0.717) is 0 Å². The summed E-state index contributed by atoms with van der Waals surface area (Å²) < 4.78 is 2.05. The molecule has 0 bridgehead atoms. The lowest BCUT2D eigenvalue weighted by atomic mass is 10.2. The maximum absolute atomic E-state index is 12.4. The number of anilines is 1. The van der Waals surface area contributed by atoms with Crippen LogP contribution in [0.5, 0.6) is 0 Å². The number of fused-ring (bicyclic) bond motifs is 1. The molecule has 3 aromatic heterocycles. The number of hydrogen-bond acceptors (Lipinski definition) is 5. The first-order valence-electron chi connectivity index (χ1n) is 8.54. The van der Waals surface area contributed by atoms with Gasteiger partial charge in [-0.15, -0.1) is 0 Å². The number of aryl methyl sites for hydroxylation is 1. The van der Waals surface area contributed by atoms with Gasteiger partial charge in [0.15, 0.2) is 5.82 Å². The first-order chi connectivity index (χ1) is 12.2. The first kappa shape index (κ1) is 15.6. The smallest absolute Gasteiger partial charge is 0.289 e. The third-order valence-electron chi connectivity index (χ3n) is 4.53. The Kier molecular flexibility index (Phi) is 4.05. The summed E-state index contributed by atoms with van der Waals surface area (Å²) in [5, 5.41) is 3.05. The predicted octanol–water partition coefficient (Wildman–Crippen LogP) is 1.70. The van der Waals surface area contributed by atoms with E-state index in [1.165, 1.54) is 0 Å². The van der Waals surface area contributed by atoms with Gasteiger partial charge < -0.3 is 14.6 Å². The first-order valence-corrected chi connectivity index (χ1v) is 8.54. The van der Waals surface area contributed by atoms with Gasteiger partial charge in [0.2, 0.25) is 5.82 Å². The number of aromatic nitrogens is 4. The Balaban J connectivity index is 1.45. The Morgan fingerprint density at radius 1 is 1.28 bits per heavy atom. The van der Waals surface area contributed by atoms with Crippen LogP contribution in [0.3, 0.4) is 0 Å². The zero-order valence-corrected chi connectivity index (χ0v) is 14.1. The fourth-order valence-electron chi connectivity index (χ4n) is 3.22. The maximum atomic E-state index is 12.4.